The minimum Gasteiger partial charge on any atom is -0.508 e. The van der Waals surface area contributed by atoms with Gasteiger partial charge in [-0.3, -0.25) is 9.59 Å². The predicted octanol–water partition coefficient (Wildman–Crippen LogP) is 3.39. The van der Waals surface area contributed by atoms with Crippen LogP contribution in [0.3, 0.4) is 0 Å². The van der Waals surface area contributed by atoms with Crippen LogP contribution >= 0.6 is 0 Å². The van der Waals surface area contributed by atoms with Gasteiger partial charge in [0.05, 0.1) is 23.3 Å². The second-order valence-electron chi connectivity index (χ2n) is 8.23. The van der Waals surface area contributed by atoms with Gasteiger partial charge in [0.1, 0.15) is 23.7 Å². The Morgan fingerprint density at radius 3 is 2.35 bits per heavy atom. The first-order valence-electron chi connectivity index (χ1n) is 10.8. The first-order chi connectivity index (χ1) is 16.5. The molecule has 34 heavy (non-hydrogen) atoms. The number of carbonyl (C=O) groups excluding carboxylic acids is 2. The van der Waals surface area contributed by atoms with Gasteiger partial charge in [0.2, 0.25) is 5.91 Å². The predicted molar refractivity (Wildman–Crippen MR) is 124 cm³/mol. The van der Waals surface area contributed by atoms with Crippen molar-refractivity contribution in [1.82, 2.24) is 5.01 Å². The van der Waals surface area contributed by atoms with Crippen LogP contribution in [0.5, 0.6) is 5.75 Å². The second kappa shape index (κ2) is 8.74. The molecule has 2 aliphatic rings. The number of hydrazine groups is 1. The number of nitrogens with one attached hydrogen (secondary N) is 1. The molecule has 1 saturated heterocycles. The molecule has 172 valence electrons. The molecule has 0 saturated carbocycles. The zero-order valence-corrected chi connectivity index (χ0v) is 18.0. The van der Waals surface area contributed by atoms with Gasteiger partial charge in [-0.25, -0.2) is 14.3 Å². The lowest BCUT2D eigenvalue weighted by molar-refractivity contribution is -0.123. The number of nitrogens with zero attached hydrogens (tertiary/aromatic N) is 2. The Balaban J connectivity index is 1.57. The molecule has 3 N–H and O–H groups in total. The number of phenols is 1. The summed E-state index contributed by atoms with van der Waals surface area (Å²) >= 11 is 0. The third-order valence-corrected chi connectivity index (χ3v) is 6.13. The number of fused-ring (bicyclic) bond motifs is 1. The number of aromatic hydroxyl groups is 1. The highest BCUT2D eigenvalue weighted by atomic mass is 19.1. The molecule has 0 bridgehead atoms. The van der Waals surface area contributed by atoms with Crippen LogP contribution in [0.15, 0.2) is 91.0 Å². The van der Waals surface area contributed by atoms with Crippen molar-refractivity contribution in [3.63, 3.8) is 0 Å². The molecule has 2 aliphatic heterocycles. The Labute approximate surface area is 195 Å². The molecule has 5 rings (SSSR count). The van der Waals surface area contributed by atoms with Crippen LogP contribution in [0, 0.1) is 11.7 Å². The lowest BCUT2D eigenvalue weighted by atomic mass is 9.90. The van der Waals surface area contributed by atoms with Gasteiger partial charge in [-0.15, -0.1) is 0 Å². The van der Waals surface area contributed by atoms with Crippen molar-refractivity contribution in [3.8, 4) is 5.75 Å². The van der Waals surface area contributed by atoms with Crippen molar-refractivity contribution in [2.45, 2.75) is 18.2 Å². The van der Waals surface area contributed by atoms with E-state index in [1.165, 1.54) is 29.3 Å². The number of anilines is 2. The fraction of sp³-hybridized carbons (Fsp3) is 0.154. The number of phenolic OH excluding ortho intramolecular Hbond substituents is 1. The van der Waals surface area contributed by atoms with Gasteiger partial charge >= 0.3 is 0 Å². The second-order valence-corrected chi connectivity index (χ2v) is 8.23. The number of benzene rings is 3. The summed E-state index contributed by atoms with van der Waals surface area (Å²) in [6.45, 7) is 0. The molecule has 3 aromatic carbocycles. The van der Waals surface area contributed by atoms with Crippen molar-refractivity contribution in [2.24, 2.45) is 5.92 Å². The highest BCUT2D eigenvalue weighted by molar-refractivity contribution is 6.24. The van der Waals surface area contributed by atoms with E-state index in [4.69, 9.17) is 0 Å². The molecule has 0 radical (unpaired) electrons. The monoisotopic (exact) mass is 459 g/mol. The molecule has 3 aromatic rings. The van der Waals surface area contributed by atoms with Crippen molar-refractivity contribution in [3.05, 3.63) is 102 Å². The summed E-state index contributed by atoms with van der Waals surface area (Å²) in [6, 6.07) is 18.8. The number of para-hydroxylation sites is 2. The standard InChI is InChI=1S/C26H22FN3O4/c27-20-11-4-5-12-21(20)28-30-22(24(32)16-7-6-10-18(31)15-16)14-13-19-23(30)26(34)29(25(19)33)17-8-2-1-3-9-17/h1-15,19,22-24,28,31-32H. The number of aliphatic hydroxyl groups excluding tert-OH is 1. The molecule has 8 heteroatoms. The lowest BCUT2D eigenvalue weighted by Crippen LogP contribution is -2.55. The first-order valence-corrected chi connectivity index (χ1v) is 10.8. The number of aliphatic hydroxyl groups is 1. The third-order valence-electron chi connectivity index (χ3n) is 6.13. The van der Waals surface area contributed by atoms with E-state index in [0.29, 0.717) is 11.3 Å². The molecule has 2 amide bonds. The minimum absolute atomic E-state index is 0.0230. The highest BCUT2D eigenvalue weighted by Crippen LogP contribution is 2.38. The summed E-state index contributed by atoms with van der Waals surface area (Å²) in [5, 5.41) is 22.5. The molecule has 4 atom stereocenters. The van der Waals surface area contributed by atoms with Crippen LogP contribution in [0.4, 0.5) is 15.8 Å². The largest absolute Gasteiger partial charge is 0.508 e. The zero-order chi connectivity index (χ0) is 23.8. The summed E-state index contributed by atoms with van der Waals surface area (Å²) in [4.78, 5) is 27.9. The number of hydrogen-bond donors (Lipinski definition) is 3. The average molecular weight is 459 g/mol. The van der Waals surface area contributed by atoms with Crippen LogP contribution in [0.25, 0.3) is 0 Å². The molecule has 0 aromatic heterocycles. The fourth-order valence-electron chi connectivity index (χ4n) is 4.50. The fourth-order valence-corrected chi connectivity index (χ4v) is 4.50. The molecule has 1 fully saturated rings. The molecule has 2 heterocycles. The molecule has 0 spiro atoms. The van der Waals surface area contributed by atoms with E-state index in [2.05, 4.69) is 5.43 Å². The van der Waals surface area contributed by atoms with Crippen molar-refractivity contribution in [2.75, 3.05) is 10.3 Å². The van der Waals surface area contributed by atoms with Gasteiger partial charge in [0, 0.05) is 0 Å². The Hall–Kier alpha value is -4.01. The maximum Gasteiger partial charge on any atom is 0.254 e. The summed E-state index contributed by atoms with van der Waals surface area (Å²) in [6.07, 6.45) is 2.06. The van der Waals surface area contributed by atoms with E-state index in [9.17, 15) is 24.2 Å². The van der Waals surface area contributed by atoms with Crippen LogP contribution in [-0.4, -0.2) is 39.1 Å². The smallest absolute Gasteiger partial charge is 0.254 e. The molecule has 7 nitrogen and oxygen atoms in total. The summed E-state index contributed by atoms with van der Waals surface area (Å²) in [5.41, 5.74) is 3.89. The Bertz CT molecular complexity index is 1270. The SMILES string of the molecule is O=C1C2C=CC(C(O)c3cccc(O)c3)N(Nc3ccccc3F)C2C(=O)N1c1ccccc1. The summed E-state index contributed by atoms with van der Waals surface area (Å²) < 4.78 is 14.5. The molecule has 0 aliphatic carbocycles. The van der Waals surface area contributed by atoms with Gasteiger partial charge < -0.3 is 15.6 Å². The van der Waals surface area contributed by atoms with Crippen LogP contribution in [-0.2, 0) is 9.59 Å². The van der Waals surface area contributed by atoms with E-state index in [1.807, 2.05) is 0 Å². The average Bonchev–Trinajstić information content (AvgIpc) is 3.10. The van der Waals surface area contributed by atoms with Crippen molar-refractivity contribution < 1.29 is 24.2 Å². The highest BCUT2D eigenvalue weighted by Gasteiger charge is 2.54. The van der Waals surface area contributed by atoms with Gasteiger partial charge in [-0.1, -0.05) is 54.6 Å². The van der Waals surface area contributed by atoms with Gasteiger partial charge in [-0.05, 0) is 42.0 Å². The molecule has 4 unspecified atom stereocenters. The Morgan fingerprint density at radius 2 is 1.62 bits per heavy atom. The number of imide groups is 1. The van der Waals surface area contributed by atoms with E-state index in [1.54, 1.807) is 66.7 Å². The Kier molecular flexibility index (Phi) is 5.61. The van der Waals surface area contributed by atoms with Gasteiger partial charge in [0.25, 0.3) is 5.91 Å². The van der Waals surface area contributed by atoms with E-state index in [-0.39, 0.29) is 11.4 Å². The summed E-state index contributed by atoms with van der Waals surface area (Å²) in [7, 11) is 0. The van der Waals surface area contributed by atoms with Crippen molar-refractivity contribution in [1.29, 1.82) is 0 Å². The van der Waals surface area contributed by atoms with Crippen molar-refractivity contribution >= 4 is 23.2 Å². The van der Waals surface area contributed by atoms with Crippen LogP contribution in [0.2, 0.25) is 0 Å². The van der Waals surface area contributed by atoms with Gasteiger partial charge in [0.15, 0.2) is 0 Å². The zero-order valence-electron chi connectivity index (χ0n) is 18.0. The summed E-state index contributed by atoms with van der Waals surface area (Å²) in [5.74, 6) is -2.27. The minimum atomic E-state index is -1.18. The van der Waals surface area contributed by atoms with Gasteiger partial charge in [-0.2, -0.15) is 0 Å². The number of hydrogen-bond acceptors (Lipinski definition) is 6. The molecular weight excluding hydrogens is 437 g/mol. The number of rotatable bonds is 5. The third kappa shape index (κ3) is 3.72. The quantitative estimate of drug-likeness (QED) is 0.400. The van der Waals surface area contributed by atoms with E-state index >= 15 is 0 Å². The normalized spacial score (nSPS) is 23.1. The number of amides is 2. The van der Waals surface area contributed by atoms with E-state index in [0.717, 1.165) is 4.90 Å². The first kappa shape index (κ1) is 21.8. The van der Waals surface area contributed by atoms with Crippen LogP contribution < -0.4 is 10.3 Å². The topological polar surface area (TPSA) is 93.1 Å². The number of halogens is 1. The maximum atomic E-state index is 14.5. The van der Waals surface area contributed by atoms with E-state index < -0.39 is 41.7 Å². The lowest BCUT2D eigenvalue weighted by Gasteiger charge is -2.40. The maximum absolute atomic E-state index is 14.5. The Morgan fingerprint density at radius 1 is 0.882 bits per heavy atom. The molecular formula is C26H22FN3O4. The van der Waals surface area contributed by atoms with Crippen LogP contribution in [0.1, 0.15) is 11.7 Å². The number of carbonyl (C=O) groups is 2.